The molecule has 2 aromatic carbocycles. The molecule has 1 heterocycles. The third-order valence-electron chi connectivity index (χ3n) is 4.86. The molecule has 0 spiro atoms. The summed E-state index contributed by atoms with van der Waals surface area (Å²) in [5, 5.41) is 10.1. The Morgan fingerprint density at radius 3 is 2.28 bits per heavy atom. The molecule has 1 unspecified atom stereocenters. The van der Waals surface area contributed by atoms with Gasteiger partial charge in [0.25, 0.3) is 0 Å². The van der Waals surface area contributed by atoms with E-state index in [2.05, 4.69) is 15.5 Å². The Hall–Kier alpha value is -3.09. The summed E-state index contributed by atoms with van der Waals surface area (Å²) in [5.74, 6) is -0.515. The maximum absolute atomic E-state index is 13.0. The van der Waals surface area contributed by atoms with E-state index in [1.807, 2.05) is 44.2 Å². The third-order valence-corrected chi connectivity index (χ3v) is 4.86. The molecule has 0 bridgehead atoms. The summed E-state index contributed by atoms with van der Waals surface area (Å²) in [5.41, 5.74) is 2.32. The first-order valence-corrected chi connectivity index (χ1v) is 9.45. The van der Waals surface area contributed by atoms with Crippen LogP contribution in [-0.2, 0) is 17.4 Å². The van der Waals surface area contributed by atoms with Crippen molar-refractivity contribution in [2.75, 3.05) is 5.32 Å². The predicted molar refractivity (Wildman–Crippen MR) is 107 cm³/mol. The number of nitrogens with zero attached hydrogens (tertiary/aromatic N) is 1. The van der Waals surface area contributed by atoms with Crippen LogP contribution in [0.4, 0.5) is 18.9 Å². The van der Waals surface area contributed by atoms with Crippen molar-refractivity contribution in [3.8, 4) is 11.3 Å². The molecule has 0 aliphatic heterocycles. The molecule has 0 saturated carbocycles. The zero-order valence-corrected chi connectivity index (χ0v) is 16.2. The van der Waals surface area contributed by atoms with E-state index in [9.17, 15) is 18.0 Å². The summed E-state index contributed by atoms with van der Waals surface area (Å²) < 4.78 is 38.5. The van der Waals surface area contributed by atoms with Gasteiger partial charge in [0.05, 0.1) is 22.9 Å². The largest absolute Gasteiger partial charge is 0.416 e. The van der Waals surface area contributed by atoms with Crippen LogP contribution in [0, 0.1) is 0 Å². The van der Waals surface area contributed by atoms with Crippen LogP contribution in [0.15, 0.2) is 54.6 Å². The van der Waals surface area contributed by atoms with Gasteiger partial charge >= 0.3 is 6.18 Å². The average molecular weight is 401 g/mol. The minimum Gasteiger partial charge on any atom is -0.322 e. The van der Waals surface area contributed by atoms with E-state index in [1.165, 1.54) is 12.1 Å². The van der Waals surface area contributed by atoms with Gasteiger partial charge in [-0.05, 0) is 30.5 Å². The smallest absolute Gasteiger partial charge is 0.322 e. The van der Waals surface area contributed by atoms with Crippen LogP contribution < -0.4 is 5.32 Å². The molecule has 0 aliphatic carbocycles. The number of benzene rings is 2. The lowest BCUT2D eigenvalue weighted by Gasteiger charge is -2.16. The number of aromatic nitrogens is 2. The van der Waals surface area contributed by atoms with Crippen molar-refractivity contribution in [1.29, 1.82) is 0 Å². The normalized spacial score (nSPS) is 12.6. The number of hydrogen-bond acceptors (Lipinski definition) is 2. The van der Waals surface area contributed by atoms with Crippen LogP contribution in [0.1, 0.15) is 43.0 Å². The van der Waals surface area contributed by atoms with Gasteiger partial charge in [0, 0.05) is 5.56 Å². The van der Waals surface area contributed by atoms with Gasteiger partial charge < -0.3 is 5.32 Å². The highest BCUT2D eigenvalue weighted by Crippen LogP contribution is 2.34. The Kier molecular flexibility index (Phi) is 6.06. The number of alkyl halides is 3. The van der Waals surface area contributed by atoms with Crippen LogP contribution in [0.25, 0.3) is 11.3 Å². The molecule has 0 aliphatic rings. The lowest BCUT2D eigenvalue weighted by molar-refractivity contribution is -0.137. The third kappa shape index (κ3) is 4.50. The minimum atomic E-state index is -4.40. The highest BCUT2D eigenvalue weighted by atomic mass is 19.4. The molecule has 0 saturated heterocycles. The molecule has 1 aromatic heterocycles. The molecule has 1 amide bonds. The number of aryl methyl sites for hydroxylation is 1. The molecule has 3 aromatic rings. The van der Waals surface area contributed by atoms with Crippen LogP contribution in [0.3, 0.4) is 0 Å². The Morgan fingerprint density at radius 1 is 1.07 bits per heavy atom. The maximum atomic E-state index is 13.0. The van der Waals surface area contributed by atoms with Gasteiger partial charge in [0.15, 0.2) is 0 Å². The van der Waals surface area contributed by atoms with Gasteiger partial charge in [-0.25, -0.2) is 0 Å². The number of rotatable bonds is 6. The summed E-state index contributed by atoms with van der Waals surface area (Å²) in [7, 11) is 0. The number of halogens is 3. The van der Waals surface area contributed by atoms with E-state index in [-0.39, 0.29) is 11.8 Å². The first kappa shape index (κ1) is 20.6. The average Bonchev–Trinajstić information content (AvgIpc) is 3.11. The Balaban J connectivity index is 1.92. The molecule has 7 heteroatoms. The SMILES string of the molecule is CCc1[nH]nc(-c2ccc(C(F)(F)F)cc2)c1NC(=O)C(CC)c1ccccc1. The van der Waals surface area contributed by atoms with Gasteiger partial charge in [-0.1, -0.05) is 56.3 Å². The van der Waals surface area contributed by atoms with Gasteiger partial charge in [-0.2, -0.15) is 18.3 Å². The summed E-state index contributed by atoms with van der Waals surface area (Å²) in [6, 6.07) is 14.2. The fraction of sp³-hybridized carbons (Fsp3) is 0.273. The van der Waals surface area contributed by atoms with Crippen LogP contribution in [-0.4, -0.2) is 16.1 Å². The highest BCUT2D eigenvalue weighted by molar-refractivity contribution is 5.99. The van der Waals surface area contributed by atoms with Crippen LogP contribution in [0.2, 0.25) is 0 Å². The van der Waals surface area contributed by atoms with Crippen molar-refractivity contribution in [3.63, 3.8) is 0 Å². The van der Waals surface area contributed by atoms with Crippen molar-refractivity contribution >= 4 is 11.6 Å². The first-order chi connectivity index (χ1) is 13.8. The van der Waals surface area contributed by atoms with E-state index in [4.69, 9.17) is 0 Å². The second-order valence-electron chi connectivity index (χ2n) is 6.72. The monoisotopic (exact) mass is 401 g/mol. The van der Waals surface area contributed by atoms with Crippen LogP contribution >= 0.6 is 0 Å². The molecular weight excluding hydrogens is 379 g/mol. The predicted octanol–water partition coefficient (Wildman–Crippen LogP) is 5.79. The quantitative estimate of drug-likeness (QED) is 0.549. The number of H-pyrrole nitrogens is 1. The topological polar surface area (TPSA) is 57.8 Å². The van der Waals surface area contributed by atoms with E-state index >= 15 is 0 Å². The van der Waals surface area contributed by atoms with E-state index in [0.717, 1.165) is 23.4 Å². The number of carbonyl (C=O) groups is 1. The van der Waals surface area contributed by atoms with Crippen molar-refractivity contribution in [1.82, 2.24) is 10.2 Å². The standard InChI is InChI=1S/C22H22F3N3O/c1-3-17(14-8-6-5-7-9-14)21(29)26-20-18(4-2)27-28-19(20)15-10-12-16(13-11-15)22(23,24)25/h5-13,17H,3-4H2,1-2H3,(H,26,29)(H,27,28). The van der Waals surface area contributed by atoms with Crippen molar-refractivity contribution < 1.29 is 18.0 Å². The lowest BCUT2D eigenvalue weighted by Crippen LogP contribution is -2.21. The number of aromatic amines is 1. The Bertz CT molecular complexity index is 963. The molecule has 0 fully saturated rings. The number of anilines is 1. The summed E-state index contributed by atoms with van der Waals surface area (Å²) in [4.78, 5) is 13.0. The number of carbonyl (C=O) groups excluding carboxylic acids is 1. The summed E-state index contributed by atoms with van der Waals surface area (Å²) in [6.07, 6.45) is -3.20. The highest BCUT2D eigenvalue weighted by Gasteiger charge is 2.30. The molecule has 3 rings (SSSR count). The molecule has 152 valence electrons. The maximum Gasteiger partial charge on any atom is 0.416 e. The van der Waals surface area contributed by atoms with Crippen molar-refractivity contribution in [3.05, 3.63) is 71.4 Å². The van der Waals surface area contributed by atoms with Gasteiger partial charge in [-0.15, -0.1) is 0 Å². The van der Waals surface area contributed by atoms with Gasteiger partial charge in [0.1, 0.15) is 5.69 Å². The van der Waals surface area contributed by atoms with Crippen molar-refractivity contribution in [2.45, 2.75) is 38.8 Å². The van der Waals surface area contributed by atoms with E-state index < -0.39 is 11.7 Å². The zero-order chi connectivity index (χ0) is 21.0. The van der Waals surface area contributed by atoms with Gasteiger partial charge in [0.2, 0.25) is 5.91 Å². The molecule has 2 N–H and O–H groups in total. The number of hydrogen-bond donors (Lipinski definition) is 2. The second kappa shape index (κ2) is 8.51. The Labute approximate surface area is 167 Å². The van der Waals surface area contributed by atoms with Gasteiger partial charge in [-0.3, -0.25) is 9.89 Å². The number of amides is 1. The number of nitrogens with one attached hydrogen (secondary N) is 2. The van der Waals surface area contributed by atoms with Crippen LogP contribution in [0.5, 0.6) is 0 Å². The Morgan fingerprint density at radius 2 is 1.72 bits per heavy atom. The first-order valence-electron chi connectivity index (χ1n) is 9.45. The van der Waals surface area contributed by atoms with E-state index in [0.29, 0.717) is 29.8 Å². The zero-order valence-electron chi connectivity index (χ0n) is 16.2. The molecule has 29 heavy (non-hydrogen) atoms. The van der Waals surface area contributed by atoms with E-state index in [1.54, 1.807) is 0 Å². The second-order valence-corrected chi connectivity index (χ2v) is 6.72. The summed E-state index contributed by atoms with van der Waals surface area (Å²) >= 11 is 0. The molecular formula is C22H22F3N3O. The lowest BCUT2D eigenvalue weighted by atomic mass is 9.95. The fourth-order valence-corrected chi connectivity index (χ4v) is 3.26. The van der Waals surface area contributed by atoms with Crippen molar-refractivity contribution in [2.24, 2.45) is 0 Å². The molecule has 4 nitrogen and oxygen atoms in total. The molecule has 1 atom stereocenters. The molecule has 0 radical (unpaired) electrons. The minimum absolute atomic E-state index is 0.178. The summed E-state index contributed by atoms with van der Waals surface area (Å²) in [6.45, 7) is 3.85. The fourth-order valence-electron chi connectivity index (χ4n) is 3.26.